The van der Waals surface area contributed by atoms with Gasteiger partial charge in [-0.3, -0.25) is 0 Å². The van der Waals surface area contributed by atoms with Gasteiger partial charge < -0.3 is 10.2 Å². The molecule has 0 aromatic heterocycles. The van der Waals surface area contributed by atoms with Crippen molar-refractivity contribution >= 4 is 17.5 Å². The highest BCUT2D eigenvalue weighted by atomic mass is 16.4. The van der Waals surface area contributed by atoms with Crippen LogP contribution >= 0.6 is 0 Å². The maximum absolute atomic E-state index is 11.8. The van der Waals surface area contributed by atoms with Gasteiger partial charge >= 0.3 is 11.9 Å². The normalized spacial score (nSPS) is 17.9. The molecule has 31 heavy (non-hydrogen) atoms. The van der Waals surface area contributed by atoms with E-state index in [-0.39, 0.29) is 16.6 Å². The molecule has 0 fully saturated rings. The standard InChI is InChI=1S/C27H32O4/c1-18(14-15-23-19(2)11-8-16-27(23,4)5)9-6-10-20(3)24(26(30)31)21-12-7-13-22(17-21)25(28)29/h6-7,9-10,12-15,17H,8,11,16H2,1-5H3,(H,28,29)(H,30,31). The third kappa shape index (κ3) is 6.42. The van der Waals surface area contributed by atoms with Gasteiger partial charge in [0.15, 0.2) is 0 Å². The Balaban J connectivity index is 2.26. The minimum atomic E-state index is -1.09. The van der Waals surface area contributed by atoms with E-state index in [0.717, 1.165) is 12.0 Å². The van der Waals surface area contributed by atoms with Crippen LogP contribution in [0.2, 0.25) is 0 Å². The first-order chi connectivity index (χ1) is 14.5. The summed E-state index contributed by atoms with van der Waals surface area (Å²) < 4.78 is 0. The van der Waals surface area contributed by atoms with Crippen LogP contribution in [0.1, 0.15) is 69.8 Å². The van der Waals surface area contributed by atoms with Crippen molar-refractivity contribution in [3.05, 3.63) is 88.1 Å². The summed E-state index contributed by atoms with van der Waals surface area (Å²) in [6, 6.07) is 5.99. The van der Waals surface area contributed by atoms with Gasteiger partial charge in [0.2, 0.25) is 0 Å². The molecule has 1 aliphatic carbocycles. The second-order valence-electron chi connectivity index (χ2n) is 8.78. The van der Waals surface area contributed by atoms with E-state index in [1.165, 1.54) is 36.1 Å². The number of aliphatic carboxylic acids is 1. The summed E-state index contributed by atoms with van der Waals surface area (Å²) in [5.41, 5.74) is 5.18. The van der Waals surface area contributed by atoms with Crippen LogP contribution in [0, 0.1) is 5.41 Å². The van der Waals surface area contributed by atoms with Gasteiger partial charge in [0, 0.05) is 0 Å². The van der Waals surface area contributed by atoms with Gasteiger partial charge in [-0.2, -0.15) is 0 Å². The average Bonchev–Trinajstić information content (AvgIpc) is 2.67. The first-order valence-electron chi connectivity index (χ1n) is 10.5. The molecule has 0 unspecified atom stereocenters. The lowest BCUT2D eigenvalue weighted by atomic mass is 9.72. The minimum Gasteiger partial charge on any atom is -0.478 e. The lowest BCUT2D eigenvalue weighted by molar-refractivity contribution is -0.130. The molecule has 2 rings (SSSR count). The van der Waals surface area contributed by atoms with E-state index < -0.39 is 11.9 Å². The molecule has 0 saturated heterocycles. The van der Waals surface area contributed by atoms with Crippen molar-refractivity contribution in [1.29, 1.82) is 0 Å². The van der Waals surface area contributed by atoms with Crippen LogP contribution in [0.15, 0.2) is 76.9 Å². The van der Waals surface area contributed by atoms with Crippen LogP contribution < -0.4 is 0 Å². The van der Waals surface area contributed by atoms with Gasteiger partial charge in [-0.05, 0) is 74.3 Å². The quantitative estimate of drug-likeness (QED) is 0.374. The topological polar surface area (TPSA) is 74.6 Å². The molecule has 1 aromatic carbocycles. The summed E-state index contributed by atoms with van der Waals surface area (Å²) in [7, 11) is 0. The zero-order valence-electron chi connectivity index (χ0n) is 19.0. The zero-order valence-corrected chi connectivity index (χ0v) is 19.0. The van der Waals surface area contributed by atoms with Crippen molar-refractivity contribution in [2.75, 3.05) is 0 Å². The highest BCUT2D eigenvalue weighted by Gasteiger charge is 2.26. The van der Waals surface area contributed by atoms with Crippen LogP contribution in [0.4, 0.5) is 0 Å². The Labute approximate surface area is 185 Å². The minimum absolute atomic E-state index is 0.0594. The smallest absolute Gasteiger partial charge is 0.336 e. The Morgan fingerprint density at radius 2 is 1.74 bits per heavy atom. The largest absolute Gasteiger partial charge is 0.478 e. The first kappa shape index (κ1) is 24.1. The predicted molar refractivity (Wildman–Crippen MR) is 126 cm³/mol. The number of benzene rings is 1. The summed E-state index contributed by atoms with van der Waals surface area (Å²) in [6.45, 7) is 10.5. The molecule has 0 spiro atoms. The Bertz CT molecular complexity index is 1010. The van der Waals surface area contributed by atoms with Crippen molar-refractivity contribution < 1.29 is 19.8 Å². The highest BCUT2D eigenvalue weighted by molar-refractivity contribution is 6.17. The summed E-state index contributed by atoms with van der Waals surface area (Å²) in [5.74, 6) is -2.18. The average molecular weight is 421 g/mol. The van der Waals surface area contributed by atoms with Gasteiger partial charge in [0.05, 0.1) is 11.1 Å². The fourth-order valence-electron chi connectivity index (χ4n) is 4.04. The number of carbonyl (C=O) groups is 2. The molecular weight excluding hydrogens is 388 g/mol. The maximum atomic E-state index is 11.8. The number of rotatable bonds is 7. The number of aromatic carboxylic acids is 1. The van der Waals surface area contributed by atoms with Crippen molar-refractivity contribution in [2.24, 2.45) is 5.41 Å². The lowest BCUT2D eigenvalue weighted by Crippen LogP contribution is -2.19. The molecule has 164 valence electrons. The van der Waals surface area contributed by atoms with Crippen LogP contribution in [0.25, 0.3) is 5.57 Å². The van der Waals surface area contributed by atoms with Crippen LogP contribution in [0.3, 0.4) is 0 Å². The molecule has 4 nitrogen and oxygen atoms in total. The molecule has 1 aliphatic rings. The molecule has 0 saturated carbocycles. The number of allylic oxidation sites excluding steroid dienone is 9. The fraction of sp³-hybridized carbons (Fsp3) is 0.333. The van der Waals surface area contributed by atoms with E-state index in [1.54, 1.807) is 25.1 Å². The second-order valence-corrected chi connectivity index (χ2v) is 8.78. The van der Waals surface area contributed by atoms with E-state index in [0.29, 0.717) is 11.1 Å². The molecule has 0 atom stereocenters. The summed E-state index contributed by atoms with van der Waals surface area (Å²) in [4.78, 5) is 23.0. The van der Waals surface area contributed by atoms with E-state index in [2.05, 4.69) is 32.9 Å². The lowest BCUT2D eigenvalue weighted by Gasteiger charge is -2.32. The Kier molecular flexibility index (Phi) is 7.98. The Hall–Kier alpha value is -3.14. The number of hydrogen-bond donors (Lipinski definition) is 2. The highest BCUT2D eigenvalue weighted by Crippen LogP contribution is 2.40. The molecule has 0 aliphatic heterocycles. The third-order valence-corrected chi connectivity index (χ3v) is 5.77. The molecule has 0 radical (unpaired) electrons. The van der Waals surface area contributed by atoms with Crippen molar-refractivity contribution in [1.82, 2.24) is 0 Å². The van der Waals surface area contributed by atoms with E-state index in [9.17, 15) is 14.7 Å². The third-order valence-electron chi connectivity index (χ3n) is 5.77. The van der Waals surface area contributed by atoms with Crippen LogP contribution in [-0.4, -0.2) is 22.2 Å². The molecule has 4 heteroatoms. The van der Waals surface area contributed by atoms with E-state index >= 15 is 0 Å². The van der Waals surface area contributed by atoms with Crippen molar-refractivity contribution in [2.45, 2.75) is 53.9 Å². The summed E-state index contributed by atoms with van der Waals surface area (Å²) in [5, 5.41) is 18.8. The molecular formula is C27H32O4. The molecule has 2 N–H and O–H groups in total. The Morgan fingerprint density at radius 3 is 2.35 bits per heavy atom. The predicted octanol–water partition coefficient (Wildman–Crippen LogP) is 6.83. The molecule has 0 heterocycles. The number of carboxylic acid groups (broad SMARTS) is 2. The first-order valence-corrected chi connectivity index (χ1v) is 10.5. The van der Waals surface area contributed by atoms with Crippen molar-refractivity contribution in [3.63, 3.8) is 0 Å². The van der Waals surface area contributed by atoms with E-state index in [4.69, 9.17) is 5.11 Å². The SMILES string of the molecule is CC(C=CC1=C(C)CCCC1(C)C)=CC=CC(C)=C(C(=O)O)c1cccc(C(=O)O)c1. The molecule has 0 bridgehead atoms. The maximum Gasteiger partial charge on any atom is 0.336 e. The van der Waals surface area contributed by atoms with E-state index in [1.807, 2.05) is 19.1 Å². The molecule has 1 aromatic rings. The van der Waals surface area contributed by atoms with Crippen LogP contribution in [0.5, 0.6) is 0 Å². The number of hydrogen-bond acceptors (Lipinski definition) is 2. The van der Waals surface area contributed by atoms with Crippen LogP contribution in [-0.2, 0) is 4.79 Å². The second kappa shape index (κ2) is 10.3. The van der Waals surface area contributed by atoms with Gasteiger partial charge in [-0.25, -0.2) is 9.59 Å². The van der Waals surface area contributed by atoms with Gasteiger partial charge in [0.25, 0.3) is 0 Å². The molecule has 0 amide bonds. The van der Waals surface area contributed by atoms with Gasteiger partial charge in [0.1, 0.15) is 0 Å². The fourth-order valence-corrected chi connectivity index (χ4v) is 4.04. The zero-order chi connectivity index (χ0) is 23.2. The van der Waals surface area contributed by atoms with Gasteiger partial charge in [-0.15, -0.1) is 0 Å². The summed E-state index contributed by atoms with van der Waals surface area (Å²) >= 11 is 0. The van der Waals surface area contributed by atoms with Crippen molar-refractivity contribution in [3.8, 4) is 0 Å². The monoisotopic (exact) mass is 420 g/mol. The van der Waals surface area contributed by atoms with Gasteiger partial charge in [-0.1, -0.05) is 67.5 Å². The number of carboxylic acids is 2. The Morgan fingerprint density at radius 1 is 1.06 bits per heavy atom. The summed E-state index contributed by atoms with van der Waals surface area (Å²) in [6.07, 6.45) is 13.4.